The maximum Gasteiger partial charge on any atom is 0.159 e. The number of hydrogen-bond acceptors (Lipinski definition) is 5. The molecule has 6 rings (SSSR count). The summed E-state index contributed by atoms with van der Waals surface area (Å²) in [5.74, 6) is 0.289. The Kier molecular flexibility index (Phi) is 3.82. The molecule has 0 atom stereocenters. The zero-order valence-corrected chi connectivity index (χ0v) is 16.0. The van der Waals surface area contributed by atoms with Crippen molar-refractivity contribution >= 4 is 22.1 Å². The van der Waals surface area contributed by atoms with Gasteiger partial charge in [-0.1, -0.05) is 30.3 Å². The van der Waals surface area contributed by atoms with Gasteiger partial charge in [0.1, 0.15) is 17.8 Å². The number of aromatic amines is 2. The van der Waals surface area contributed by atoms with Gasteiger partial charge in [0.25, 0.3) is 0 Å². The van der Waals surface area contributed by atoms with Gasteiger partial charge in [-0.3, -0.25) is 5.10 Å². The van der Waals surface area contributed by atoms with Gasteiger partial charge in [-0.25, -0.2) is 24.3 Å². The Bertz CT molecular complexity index is 1550. The lowest BCUT2D eigenvalue weighted by Crippen LogP contribution is -1.86. The number of benzene rings is 2. The fourth-order valence-corrected chi connectivity index (χ4v) is 3.73. The standard InChI is InChI=1S/C23H14FN7/c24-18-6-2-1-4-15(18)16-5-3-7-19-20(16)29-23(28-19)21-17-8-13(11-27-22(17)31-30-21)14-9-25-12-26-10-14/h1-12H,(H,28,29)(H,27,30,31). The van der Waals surface area contributed by atoms with E-state index in [4.69, 9.17) is 4.98 Å². The minimum atomic E-state index is -0.288. The Morgan fingerprint density at radius 2 is 1.68 bits per heavy atom. The van der Waals surface area contributed by atoms with Gasteiger partial charge in [0.2, 0.25) is 0 Å². The first kappa shape index (κ1) is 17.4. The van der Waals surface area contributed by atoms with Crippen molar-refractivity contribution in [3.8, 4) is 33.8 Å². The summed E-state index contributed by atoms with van der Waals surface area (Å²) in [6.45, 7) is 0. The van der Waals surface area contributed by atoms with Crippen LogP contribution < -0.4 is 0 Å². The molecule has 0 saturated heterocycles. The van der Waals surface area contributed by atoms with Crippen LogP contribution in [0.2, 0.25) is 0 Å². The number of hydrogen-bond donors (Lipinski definition) is 2. The molecule has 0 saturated carbocycles. The molecule has 31 heavy (non-hydrogen) atoms. The number of fused-ring (bicyclic) bond motifs is 2. The van der Waals surface area contributed by atoms with Crippen LogP contribution in [-0.2, 0) is 0 Å². The quantitative estimate of drug-likeness (QED) is 0.441. The highest BCUT2D eigenvalue weighted by molar-refractivity contribution is 5.97. The molecule has 0 aliphatic rings. The minimum Gasteiger partial charge on any atom is -0.337 e. The molecule has 0 aliphatic heterocycles. The maximum atomic E-state index is 14.4. The number of nitrogens with zero attached hydrogens (tertiary/aromatic N) is 5. The van der Waals surface area contributed by atoms with Crippen LogP contribution >= 0.6 is 0 Å². The topological polar surface area (TPSA) is 96.0 Å². The maximum absolute atomic E-state index is 14.4. The number of pyridine rings is 1. The zero-order chi connectivity index (χ0) is 20.8. The molecular formula is C23H14FN7. The predicted molar refractivity (Wildman–Crippen MR) is 115 cm³/mol. The minimum absolute atomic E-state index is 0.288. The van der Waals surface area contributed by atoms with Crippen LogP contribution in [-0.4, -0.2) is 35.1 Å². The number of H-pyrrole nitrogens is 2. The number of halogens is 1. The lowest BCUT2D eigenvalue weighted by Gasteiger charge is -2.03. The Hall–Kier alpha value is -4.46. The highest BCUT2D eigenvalue weighted by Gasteiger charge is 2.17. The van der Waals surface area contributed by atoms with Gasteiger partial charge >= 0.3 is 0 Å². The van der Waals surface area contributed by atoms with E-state index in [1.807, 2.05) is 30.3 Å². The number of para-hydroxylation sites is 1. The molecule has 8 heteroatoms. The molecule has 0 bridgehead atoms. The van der Waals surface area contributed by atoms with Crippen LogP contribution in [0.15, 0.2) is 73.4 Å². The van der Waals surface area contributed by atoms with Gasteiger partial charge < -0.3 is 4.98 Å². The fraction of sp³-hybridized carbons (Fsp3) is 0. The van der Waals surface area contributed by atoms with E-state index in [2.05, 4.69) is 30.1 Å². The second-order valence-corrected chi connectivity index (χ2v) is 7.09. The third-order valence-corrected chi connectivity index (χ3v) is 5.21. The first-order valence-corrected chi connectivity index (χ1v) is 9.61. The van der Waals surface area contributed by atoms with E-state index in [9.17, 15) is 4.39 Å². The number of imidazole rings is 1. The van der Waals surface area contributed by atoms with Crippen LogP contribution in [0.4, 0.5) is 4.39 Å². The first-order chi connectivity index (χ1) is 15.3. The Morgan fingerprint density at radius 3 is 2.55 bits per heavy atom. The van der Waals surface area contributed by atoms with Crippen molar-refractivity contribution in [2.24, 2.45) is 0 Å². The first-order valence-electron chi connectivity index (χ1n) is 9.61. The molecule has 4 heterocycles. The molecule has 2 aromatic carbocycles. The Morgan fingerprint density at radius 1 is 0.839 bits per heavy atom. The van der Waals surface area contributed by atoms with Crippen molar-refractivity contribution in [3.05, 3.63) is 79.3 Å². The lowest BCUT2D eigenvalue weighted by molar-refractivity contribution is 0.631. The Labute approximate surface area is 175 Å². The number of nitrogens with one attached hydrogen (secondary N) is 2. The van der Waals surface area contributed by atoms with Gasteiger partial charge in [-0.05, 0) is 18.2 Å². The third-order valence-electron chi connectivity index (χ3n) is 5.21. The summed E-state index contributed by atoms with van der Waals surface area (Å²) in [5, 5.41) is 8.19. The number of rotatable bonds is 3. The van der Waals surface area contributed by atoms with Crippen molar-refractivity contribution in [2.45, 2.75) is 0 Å². The summed E-state index contributed by atoms with van der Waals surface area (Å²) in [5.41, 5.74) is 5.72. The second-order valence-electron chi connectivity index (χ2n) is 7.09. The van der Waals surface area contributed by atoms with Crippen molar-refractivity contribution in [1.29, 1.82) is 0 Å². The van der Waals surface area contributed by atoms with Crippen LogP contribution in [0.25, 0.3) is 55.8 Å². The largest absolute Gasteiger partial charge is 0.337 e. The molecule has 0 amide bonds. The van der Waals surface area contributed by atoms with E-state index in [0.717, 1.165) is 27.6 Å². The van der Waals surface area contributed by atoms with Gasteiger partial charge in [-0.15, -0.1) is 0 Å². The second kappa shape index (κ2) is 6.81. The molecule has 0 radical (unpaired) electrons. The highest BCUT2D eigenvalue weighted by Crippen LogP contribution is 2.33. The SMILES string of the molecule is Fc1ccccc1-c1cccc2[nH]c(-c3n[nH]c4ncc(-c5cncnc5)cc34)nc12. The van der Waals surface area contributed by atoms with Crippen molar-refractivity contribution in [3.63, 3.8) is 0 Å². The number of aromatic nitrogens is 7. The fourth-order valence-electron chi connectivity index (χ4n) is 3.73. The smallest absolute Gasteiger partial charge is 0.159 e. The van der Waals surface area contributed by atoms with Crippen LogP contribution in [0.5, 0.6) is 0 Å². The predicted octanol–water partition coefficient (Wildman–Crippen LogP) is 4.76. The van der Waals surface area contributed by atoms with E-state index in [1.54, 1.807) is 30.7 Å². The summed E-state index contributed by atoms with van der Waals surface area (Å²) in [4.78, 5) is 20.7. The molecule has 0 fully saturated rings. The van der Waals surface area contributed by atoms with Gasteiger partial charge in [-0.2, -0.15) is 5.10 Å². The van der Waals surface area contributed by atoms with Crippen LogP contribution in [0.1, 0.15) is 0 Å². The van der Waals surface area contributed by atoms with Crippen LogP contribution in [0, 0.1) is 5.82 Å². The van der Waals surface area contributed by atoms with Crippen molar-refractivity contribution in [1.82, 2.24) is 35.1 Å². The molecule has 6 aromatic rings. The molecule has 2 N–H and O–H groups in total. The van der Waals surface area contributed by atoms with E-state index in [1.165, 1.54) is 12.4 Å². The van der Waals surface area contributed by atoms with E-state index >= 15 is 0 Å². The average molecular weight is 407 g/mol. The molecule has 0 aliphatic carbocycles. The normalized spacial score (nSPS) is 11.4. The monoisotopic (exact) mass is 407 g/mol. The average Bonchev–Trinajstić information content (AvgIpc) is 3.43. The molecule has 0 spiro atoms. The van der Waals surface area contributed by atoms with E-state index in [0.29, 0.717) is 28.2 Å². The highest BCUT2D eigenvalue weighted by atomic mass is 19.1. The Balaban J connectivity index is 1.53. The third kappa shape index (κ3) is 2.84. The van der Waals surface area contributed by atoms with Crippen molar-refractivity contribution in [2.75, 3.05) is 0 Å². The molecular weight excluding hydrogens is 393 g/mol. The van der Waals surface area contributed by atoms with Gasteiger partial charge in [0, 0.05) is 40.8 Å². The van der Waals surface area contributed by atoms with Gasteiger partial charge in [0.15, 0.2) is 11.5 Å². The molecule has 148 valence electrons. The molecule has 4 aromatic heterocycles. The van der Waals surface area contributed by atoms with Crippen molar-refractivity contribution < 1.29 is 4.39 Å². The zero-order valence-electron chi connectivity index (χ0n) is 16.0. The van der Waals surface area contributed by atoms with Gasteiger partial charge in [0.05, 0.1) is 16.4 Å². The summed E-state index contributed by atoms with van der Waals surface area (Å²) in [7, 11) is 0. The summed E-state index contributed by atoms with van der Waals surface area (Å²) in [6, 6.07) is 14.3. The van der Waals surface area contributed by atoms with E-state index < -0.39 is 0 Å². The summed E-state index contributed by atoms with van der Waals surface area (Å²) < 4.78 is 14.4. The molecule has 0 unspecified atom stereocenters. The van der Waals surface area contributed by atoms with Crippen LogP contribution in [0.3, 0.4) is 0 Å². The lowest BCUT2D eigenvalue weighted by atomic mass is 10.0. The van der Waals surface area contributed by atoms with E-state index in [-0.39, 0.29) is 5.82 Å². The summed E-state index contributed by atoms with van der Waals surface area (Å²) >= 11 is 0. The molecule has 7 nitrogen and oxygen atoms in total. The summed E-state index contributed by atoms with van der Waals surface area (Å²) in [6.07, 6.45) is 6.70.